The summed E-state index contributed by atoms with van der Waals surface area (Å²) in [6.07, 6.45) is 5.89. The highest BCUT2D eigenvalue weighted by Gasteiger charge is 2.39. The Morgan fingerprint density at radius 3 is 2.35 bits per heavy atom. The molecule has 5 heterocycles. The Hall–Kier alpha value is -2.49. The Bertz CT molecular complexity index is 1020. The van der Waals surface area contributed by atoms with Crippen LogP contribution in [0.3, 0.4) is 0 Å². The zero-order valence-corrected chi connectivity index (χ0v) is 21.8. The number of hydrogen-bond donors (Lipinski definition) is 2. The quantitative estimate of drug-likeness (QED) is 0.575. The lowest BCUT2D eigenvalue weighted by atomic mass is 9.95. The molecule has 0 saturated carbocycles. The number of nitrogens with one attached hydrogen (secondary N) is 2. The zero-order valence-electron chi connectivity index (χ0n) is 21.8. The van der Waals surface area contributed by atoms with Crippen LogP contribution in [0.15, 0.2) is 18.2 Å². The molecular weight excluding hydrogens is 468 g/mol. The summed E-state index contributed by atoms with van der Waals surface area (Å²) >= 11 is 0. The van der Waals surface area contributed by atoms with E-state index in [1.54, 1.807) is 4.90 Å². The lowest BCUT2D eigenvalue weighted by Gasteiger charge is -2.44. The Balaban J connectivity index is 1.00. The van der Waals surface area contributed by atoms with Crippen molar-refractivity contribution in [3.63, 3.8) is 0 Å². The number of carbonyl (C=O) groups is 3. The largest absolute Gasteiger partial charge is 0.369 e. The normalized spacial score (nSPS) is 27.0. The summed E-state index contributed by atoms with van der Waals surface area (Å²) in [5.74, 6) is 0.160. The van der Waals surface area contributed by atoms with Gasteiger partial charge in [-0.1, -0.05) is 0 Å². The summed E-state index contributed by atoms with van der Waals surface area (Å²) in [5.41, 5.74) is 2.83. The smallest absolute Gasteiger partial charge is 0.255 e. The van der Waals surface area contributed by atoms with E-state index >= 15 is 0 Å². The van der Waals surface area contributed by atoms with Gasteiger partial charge in [0.2, 0.25) is 11.8 Å². The highest BCUT2D eigenvalue weighted by atomic mass is 16.2. The molecule has 37 heavy (non-hydrogen) atoms. The number of likely N-dealkylation sites (tertiary alicyclic amines) is 1. The van der Waals surface area contributed by atoms with Crippen LogP contribution in [0.2, 0.25) is 0 Å². The summed E-state index contributed by atoms with van der Waals surface area (Å²) in [7, 11) is 0. The first-order chi connectivity index (χ1) is 18.0. The van der Waals surface area contributed by atoms with Crippen LogP contribution in [0.5, 0.6) is 0 Å². The van der Waals surface area contributed by atoms with E-state index < -0.39 is 6.04 Å². The fourth-order valence-electron chi connectivity index (χ4n) is 7.00. The zero-order chi connectivity index (χ0) is 25.4. The van der Waals surface area contributed by atoms with E-state index in [1.807, 2.05) is 6.07 Å². The Morgan fingerprint density at radius 2 is 1.62 bits per heavy atom. The van der Waals surface area contributed by atoms with Crippen LogP contribution in [-0.2, 0) is 16.1 Å². The number of piperazine rings is 1. The summed E-state index contributed by atoms with van der Waals surface area (Å²) in [6, 6.07) is 6.25. The van der Waals surface area contributed by atoms with Crippen molar-refractivity contribution in [3.8, 4) is 0 Å². The molecule has 4 fully saturated rings. The molecule has 0 spiro atoms. The predicted octanol–water partition coefficient (Wildman–Crippen LogP) is 1.03. The van der Waals surface area contributed by atoms with Gasteiger partial charge in [0, 0.05) is 63.0 Å². The molecule has 1 aromatic rings. The number of carbonyl (C=O) groups excluding carboxylic acids is 3. The van der Waals surface area contributed by atoms with Crippen LogP contribution in [0.1, 0.15) is 54.4 Å². The minimum absolute atomic E-state index is 0.104. The van der Waals surface area contributed by atoms with E-state index in [0.717, 1.165) is 43.3 Å². The van der Waals surface area contributed by atoms with Crippen LogP contribution < -0.4 is 15.5 Å². The average Bonchev–Trinajstić information content (AvgIpc) is 3.25. The molecule has 0 aromatic heterocycles. The van der Waals surface area contributed by atoms with Gasteiger partial charge in [0.1, 0.15) is 6.04 Å². The molecule has 0 radical (unpaired) electrons. The number of anilines is 1. The maximum Gasteiger partial charge on any atom is 0.255 e. The number of hydrogen-bond acceptors (Lipinski definition) is 7. The number of benzene rings is 1. The third kappa shape index (κ3) is 5.26. The van der Waals surface area contributed by atoms with Gasteiger partial charge in [-0.25, -0.2) is 0 Å². The first kappa shape index (κ1) is 24.8. The summed E-state index contributed by atoms with van der Waals surface area (Å²) in [6.45, 7) is 10.7. The second kappa shape index (κ2) is 10.7. The van der Waals surface area contributed by atoms with Crippen molar-refractivity contribution < 1.29 is 14.4 Å². The van der Waals surface area contributed by atoms with Gasteiger partial charge < -0.3 is 20.0 Å². The standard InChI is InChI=1S/C28H40N6O3/c35-26-4-3-25(27(36)30-26)34-19-21-17-23(1-2-24(21)28(34)37)33-15-13-32(14-16-33)22-7-11-31(12-8-22)18-20-5-9-29-10-6-20/h1-2,17,20,22,25,29H,3-16,18-19H2,(H,30,35,36)/t25-/m0/s1. The molecule has 2 N–H and O–H groups in total. The van der Waals surface area contributed by atoms with E-state index in [-0.39, 0.29) is 24.1 Å². The van der Waals surface area contributed by atoms with Gasteiger partial charge in [-0.15, -0.1) is 0 Å². The maximum atomic E-state index is 13.0. The monoisotopic (exact) mass is 508 g/mol. The summed E-state index contributed by atoms with van der Waals surface area (Å²) in [4.78, 5) is 46.3. The molecule has 0 bridgehead atoms. The SMILES string of the molecule is O=C1CC[C@H](N2Cc3cc(N4CCN(C5CCN(CC6CCNCC6)CC5)CC4)ccc3C2=O)C(=O)N1. The van der Waals surface area contributed by atoms with Gasteiger partial charge in [-0.3, -0.25) is 24.6 Å². The van der Waals surface area contributed by atoms with E-state index in [1.165, 1.54) is 58.4 Å². The van der Waals surface area contributed by atoms with Crippen molar-refractivity contribution in [3.05, 3.63) is 29.3 Å². The number of fused-ring (bicyclic) bond motifs is 1. The molecule has 5 aliphatic rings. The number of rotatable bonds is 5. The van der Waals surface area contributed by atoms with Crippen molar-refractivity contribution in [2.75, 3.05) is 63.8 Å². The van der Waals surface area contributed by atoms with Crippen LogP contribution in [0.25, 0.3) is 0 Å². The molecule has 0 unspecified atom stereocenters. The molecule has 200 valence electrons. The molecule has 9 nitrogen and oxygen atoms in total. The van der Waals surface area contributed by atoms with E-state index in [2.05, 4.69) is 37.5 Å². The first-order valence-electron chi connectivity index (χ1n) is 14.2. The Labute approximate surface area is 219 Å². The number of nitrogens with zero attached hydrogens (tertiary/aromatic N) is 4. The molecule has 1 atom stereocenters. The molecule has 1 aromatic carbocycles. The molecule has 6 rings (SSSR count). The lowest BCUT2D eigenvalue weighted by Crippen LogP contribution is -2.53. The lowest BCUT2D eigenvalue weighted by molar-refractivity contribution is -0.136. The fourth-order valence-corrected chi connectivity index (χ4v) is 7.00. The van der Waals surface area contributed by atoms with E-state index in [0.29, 0.717) is 24.6 Å². The van der Waals surface area contributed by atoms with Gasteiger partial charge in [0.25, 0.3) is 5.91 Å². The number of piperidine rings is 3. The van der Waals surface area contributed by atoms with Crippen molar-refractivity contribution in [1.29, 1.82) is 0 Å². The number of amides is 3. The van der Waals surface area contributed by atoms with Crippen molar-refractivity contribution in [2.24, 2.45) is 5.92 Å². The third-order valence-electron chi connectivity index (χ3n) is 9.24. The second-order valence-electron chi connectivity index (χ2n) is 11.5. The van der Waals surface area contributed by atoms with E-state index in [4.69, 9.17) is 0 Å². The maximum absolute atomic E-state index is 13.0. The molecule has 0 aliphatic carbocycles. The van der Waals surface area contributed by atoms with Gasteiger partial charge in [0.15, 0.2) is 0 Å². The fraction of sp³-hybridized carbons (Fsp3) is 0.679. The molecule has 5 aliphatic heterocycles. The Morgan fingerprint density at radius 1 is 0.865 bits per heavy atom. The van der Waals surface area contributed by atoms with E-state index in [9.17, 15) is 14.4 Å². The van der Waals surface area contributed by atoms with Gasteiger partial charge in [0.05, 0.1) is 0 Å². The summed E-state index contributed by atoms with van der Waals surface area (Å²) < 4.78 is 0. The van der Waals surface area contributed by atoms with Crippen molar-refractivity contribution >= 4 is 23.4 Å². The van der Waals surface area contributed by atoms with Crippen LogP contribution in [0, 0.1) is 5.92 Å². The molecule has 3 amide bonds. The third-order valence-corrected chi connectivity index (χ3v) is 9.24. The first-order valence-corrected chi connectivity index (χ1v) is 14.2. The van der Waals surface area contributed by atoms with Crippen LogP contribution >= 0.6 is 0 Å². The molecule has 4 saturated heterocycles. The molecule has 9 heteroatoms. The topological polar surface area (TPSA) is 88.2 Å². The van der Waals surface area contributed by atoms with Crippen molar-refractivity contribution in [1.82, 2.24) is 25.3 Å². The Kier molecular flexibility index (Phi) is 7.18. The van der Waals surface area contributed by atoms with Crippen molar-refractivity contribution in [2.45, 2.75) is 57.2 Å². The molecular formula is C28H40N6O3. The minimum Gasteiger partial charge on any atom is -0.369 e. The van der Waals surface area contributed by atoms with Crippen LogP contribution in [-0.4, -0.2) is 103 Å². The summed E-state index contributed by atoms with van der Waals surface area (Å²) in [5, 5.41) is 5.86. The number of imide groups is 1. The predicted molar refractivity (Wildman–Crippen MR) is 141 cm³/mol. The van der Waals surface area contributed by atoms with Gasteiger partial charge in [-0.2, -0.15) is 0 Å². The van der Waals surface area contributed by atoms with Crippen LogP contribution in [0.4, 0.5) is 5.69 Å². The highest BCUT2D eigenvalue weighted by Crippen LogP contribution is 2.31. The van der Waals surface area contributed by atoms with Gasteiger partial charge >= 0.3 is 0 Å². The second-order valence-corrected chi connectivity index (χ2v) is 11.5. The average molecular weight is 509 g/mol. The minimum atomic E-state index is -0.560. The van der Waals surface area contributed by atoms with Gasteiger partial charge in [-0.05, 0) is 88.0 Å². The highest BCUT2D eigenvalue weighted by molar-refractivity contribution is 6.05.